The number of hydrogen-bond donors (Lipinski definition) is 2. The minimum absolute atomic E-state index is 0.0803. The van der Waals surface area contributed by atoms with Gasteiger partial charge >= 0.3 is 0 Å². The first kappa shape index (κ1) is 13.7. The van der Waals surface area contributed by atoms with Crippen molar-refractivity contribution in [3.63, 3.8) is 0 Å². The zero-order valence-electron chi connectivity index (χ0n) is 11.3. The number of nitrogens with two attached hydrogens (primary N) is 1. The average molecular weight is 264 g/mol. The van der Waals surface area contributed by atoms with Gasteiger partial charge in [0.05, 0.1) is 12.7 Å². The molecule has 1 aliphatic rings. The van der Waals surface area contributed by atoms with Crippen LogP contribution in [0.5, 0.6) is 11.5 Å². The van der Waals surface area contributed by atoms with Gasteiger partial charge in [0.15, 0.2) is 11.5 Å². The minimum atomic E-state index is -0.167. The van der Waals surface area contributed by atoms with Crippen LogP contribution in [0.4, 0.5) is 0 Å². The van der Waals surface area contributed by atoms with Gasteiger partial charge in [-0.3, -0.25) is 4.79 Å². The molecule has 1 saturated heterocycles. The second kappa shape index (κ2) is 5.48. The van der Waals surface area contributed by atoms with Crippen LogP contribution in [-0.2, 0) is 0 Å². The van der Waals surface area contributed by atoms with Crippen LogP contribution in [0.3, 0.4) is 0 Å². The Labute approximate surface area is 113 Å². The molecule has 0 aliphatic carbocycles. The summed E-state index contributed by atoms with van der Waals surface area (Å²) < 4.78 is 5.02. The lowest BCUT2D eigenvalue weighted by molar-refractivity contribution is 0.0782. The molecule has 104 valence electrons. The third-order valence-electron chi connectivity index (χ3n) is 3.70. The first-order valence-electron chi connectivity index (χ1n) is 6.45. The summed E-state index contributed by atoms with van der Waals surface area (Å²) >= 11 is 0. The number of amides is 1. The lowest BCUT2D eigenvalue weighted by atomic mass is 10.0. The van der Waals surface area contributed by atoms with E-state index in [1.54, 1.807) is 23.1 Å². The third kappa shape index (κ3) is 2.66. The van der Waals surface area contributed by atoms with Gasteiger partial charge in [0.1, 0.15) is 0 Å². The molecule has 2 unspecified atom stereocenters. The SMILES string of the molecule is COc1cccc(C(=O)N2CCC(C(C)N)C2)c1O. The number of carbonyl (C=O) groups is 1. The lowest BCUT2D eigenvalue weighted by Gasteiger charge is -2.19. The maximum atomic E-state index is 12.4. The molecule has 2 rings (SSSR count). The molecule has 5 nitrogen and oxygen atoms in total. The van der Waals surface area contributed by atoms with Gasteiger partial charge in [-0.2, -0.15) is 0 Å². The van der Waals surface area contributed by atoms with Gasteiger partial charge < -0.3 is 20.5 Å². The van der Waals surface area contributed by atoms with E-state index in [4.69, 9.17) is 10.5 Å². The molecular formula is C14H20N2O3. The van der Waals surface area contributed by atoms with Crippen LogP contribution < -0.4 is 10.5 Å². The highest BCUT2D eigenvalue weighted by atomic mass is 16.5. The van der Waals surface area contributed by atoms with E-state index in [0.29, 0.717) is 24.8 Å². The quantitative estimate of drug-likeness (QED) is 0.860. The van der Waals surface area contributed by atoms with Gasteiger partial charge in [-0.15, -0.1) is 0 Å². The number of aromatic hydroxyl groups is 1. The summed E-state index contributed by atoms with van der Waals surface area (Å²) in [5.41, 5.74) is 6.15. The Bertz CT molecular complexity index is 474. The van der Waals surface area contributed by atoms with Crippen LogP contribution in [0.2, 0.25) is 0 Å². The fraction of sp³-hybridized carbons (Fsp3) is 0.500. The van der Waals surface area contributed by atoms with Crippen LogP contribution in [0, 0.1) is 5.92 Å². The largest absolute Gasteiger partial charge is 0.504 e. The Morgan fingerprint density at radius 1 is 1.58 bits per heavy atom. The molecule has 5 heteroatoms. The number of phenolic OH excluding ortho intramolecular Hbond substituents is 1. The fourth-order valence-electron chi connectivity index (χ4n) is 2.43. The number of rotatable bonds is 3. The number of methoxy groups -OCH3 is 1. The molecule has 0 aromatic heterocycles. The molecule has 1 fully saturated rings. The molecule has 19 heavy (non-hydrogen) atoms. The Morgan fingerprint density at radius 3 is 2.89 bits per heavy atom. The standard InChI is InChI=1S/C14H20N2O3/c1-9(15)10-6-7-16(8-10)14(18)11-4-3-5-12(19-2)13(11)17/h3-5,9-10,17H,6-8,15H2,1-2H3. The molecular weight excluding hydrogens is 244 g/mol. The summed E-state index contributed by atoms with van der Waals surface area (Å²) in [7, 11) is 1.46. The Morgan fingerprint density at radius 2 is 2.32 bits per heavy atom. The third-order valence-corrected chi connectivity index (χ3v) is 3.70. The monoisotopic (exact) mass is 264 g/mol. The van der Waals surface area contributed by atoms with Crippen LogP contribution >= 0.6 is 0 Å². The summed E-state index contributed by atoms with van der Waals surface area (Å²) in [6, 6.07) is 5.02. The topological polar surface area (TPSA) is 75.8 Å². The van der Waals surface area contributed by atoms with Crippen molar-refractivity contribution in [2.75, 3.05) is 20.2 Å². The maximum absolute atomic E-state index is 12.4. The highest BCUT2D eigenvalue weighted by Crippen LogP contribution is 2.31. The van der Waals surface area contributed by atoms with Crippen molar-refractivity contribution >= 4 is 5.91 Å². The van der Waals surface area contributed by atoms with Crippen molar-refractivity contribution in [3.05, 3.63) is 23.8 Å². The average Bonchev–Trinajstić information content (AvgIpc) is 2.88. The lowest BCUT2D eigenvalue weighted by Crippen LogP contribution is -2.33. The molecule has 0 radical (unpaired) electrons. The normalized spacial score (nSPS) is 20.4. The first-order chi connectivity index (χ1) is 9.04. The predicted molar refractivity (Wildman–Crippen MR) is 72.3 cm³/mol. The van der Waals surface area contributed by atoms with Crippen molar-refractivity contribution < 1.29 is 14.6 Å². The van der Waals surface area contributed by atoms with Crippen LogP contribution in [0.15, 0.2) is 18.2 Å². The summed E-state index contributed by atoms with van der Waals surface area (Å²) in [5.74, 6) is 0.379. The number of likely N-dealkylation sites (tertiary alicyclic amines) is 1. The van der Waals surface area contributed by atoms with Gasteiger partial charge in [-0.25, -0.2) is 0 Å². The zero-order chi connectivity index (χ0) is 14.0. The molecule has 0 saturated carbocycles. The van der Waals surface area contributed by atoms with Crippen molar-refractivity contribution in [1.82, 2.24) is 4.90 Å². The number of carbonyl (C=O) groups excluding carboxylic acids is 1. The summed E-state index contributed by atoms with van der Waals surface area (Å²) in [6.07, 6.45) is 0.911. The number of benzene rings is 1. The van der Waals surface area contributed by atoms with Gasteiger partial charge in [-0.05, 0) is 31.4 Å². The Hall–Kier alpha value is -1.75. The maximum Gasteiger partial charge on any atom is 0.257 e. The molecule has 0 bridgehead atoms. The van der Waals surface area contributed by atoms with Crippen molar-refractivity contribution in [2.24, 2.45) is 11.7 Å². The van der Waals surface area contributed by atoms with E-state index in [9.17, 15) is 9.90 Å². The van der Waals surface area contributed by atoms with Gasteiger partial charge in [0.25, 0.3) is 5.91 Å². The zero-order valence-corrected chi connectivity index (χ0v) is 11.3. The van der Waals surface area contributed by atoms with E-state index in [0.717, 1.165) is 6.42 Å². The molecule has 0 spiro atoms. The summed E-state index contributed by atoms with van der Waals surface area (Å²) in [6.45, 7) is 3.29. The number of ether oxygens (including phenoxy) is 1. The van der Waals surface area contributed by atoms with E-state index < -0.39 is 0 Å². The van der Waals surface area contributed by atoms with Gasteiger partial charge in [0, 0.05) is 19.1 Å². The molecule has 1 aliphatic heterocycles. The number of phenols is 1. The smallest absolute Gasteiger partial charge is 0.257 e. The van der Waals surface area contributed by atoms with Crippen LogP contribution in [0.25, 0.3) is 0 Å². The highest BCUT2D eigenvalue weighted by molar-refractivity contribution is 5.97. The van der Waals surface area contributed by atoms with Crippen LogP contribution in [-0.4, -0.2) is 42.2 Å². The number of hydrogen-bond acceptors (Lipinski definition) is 4. The van der Waals surface area contributed by atoms with E-state index >= 15 is 0 Å². The van der Waals surface area contributed by atoms with Crippen molar-refractivity contribution in [1.29, 1.82) is 0 Å². The second-order valence-corrected chi connectivity index (χ2v) is 5.02. The predicted octanol–water partition coefficient (Wildman–Crippen LogP) is 1.21. The Kier molecular flexibility index (Phi) is 3.95. The summed E-state index contributed by atoms with van der Waals surface area (Å²) in [4.78, 5) is 14.1. The van der Waals surface area contributed by atoms with E-state index in [1.165, 1.54) is 7.11 Å². The van der Waals surface area contributed by atoms with E-state index in [2.05, 4.69) is 0 Å². The molecule has 1 amide bonds. The first-order valence-corrected chi connectivity index (χ1v) is 6.45. The van der Waals surface area contributed by atoms with Crippen molar-refractivity contribution in [3.8, 4) is 11.5 Å². The van der Waals surface area contributed by atoms with Crippen LogP contribution in [0.1, 0.15) is 23.7 Å². The minimum Gasteiger partial charge on any atom is -0.504 e. The molecule has 3 N–H and O–H groups in total. The highest BCUT2D eigenvalue weighted by Gasteiger charge is 2.30. The van der Waals surface area contributed by atoms with Gasteiger partial charge in [0.2, 0.25) is 0 Å². The van der Waals surface area contributed by atoms with Gasteiger partial charge in [-0.1, -0.05) is 6.07 Å². The molecule has 1 aromatic rings. The molecule has 1 heterocycles. The molecule has 2 atom stereocenters. The number of nitrogens with zero attached hydrogens (tertiary/aromatic N) is 1. The summed E-state index contributed by atoms with van der Waals surface area (Å²) in [5, 5.41) is 10.00. The Balaban J connectivity index is 2.17. The van der Waals surface area contributed by atoms with E-state index in [-0.39, 0.29) is 23.3 Å². The second-order valence-electron chi connectivity index (χ2n) is 5.02. The van der Waals surface area contributed by atoms with Crippen molar-refractivity contribution in [2.45, 2.75) is 19.4 Å². The fourth-order valence-corrected chi connectivity index (χ4v) is 2.43. The van der Waals surface area contributed by atoms with E-state index in [1.807, 2.05) is 6.92 Å². The number of para-hydroxylation sites is 1. The molecule has 1 aromatic carbocycles.